The molecule has 1 heterocycles. The van der Waals surface area contributed by atoms with Crippen molar-refractivity contribution in [3.63, 3.8) is 0 Å². The Labute approximate surface area is 111 Å². The summed E-state index contributed by atoms with van der Waals surface area (Å²) in [6, 6.07) is 7.42. The molecule has 102 valence electrons. The molecule has 6 heteroatoms. The molecule has 0 atom stereocenters. The zero-order chi connectivity index (χ0) is 13.7. The van der Waals surface area contributed by atoms with Crippen LogP contribution in [0, 0.1) is 0 Å². The third-order valence-electron chi connectivity index (χ3n) is 2.98. The van der Waals surface area contributed by atoms with Crippen molar-refractivity contribution >= 4 is 17.5 Å². The summed E-state index contributed by atoms with van der Waals surface area (Å²) >= 11 is 0. The van der Waals surface area contributed by atoms with E-state index in [0.717, 1.165) is 5.69 Å². The Hall–Kier alpha value is -2.08. The number of hydrazine groups is 1. The van der Waals surface area contributed by atoms with Crippen molar-refractivity contribution in [1.82, 2.24) is 5.43 Å². The lowest BCUT2D eigenvalue weighted by molar-refractivity contribution is -0.122. The standard InChI is InChI=1S/C13H17N3O3/c14-15-12(17)6-3-8-16-10-4-1-2-5-11(10)19-9-7-13(16)18/h1-2,4-5H,3,6-9,14H2,(H,15,17). The topological polar surface area (TPSA) is 84.7 Å². The molecule has 0 saturated carbocycles. The van der Waals surface area contributed by atoms with Crippen molar-refractivity contribution in [1.29, 1.82) is 0 Å². The van der Waals surface area contributed by atoms with Gasteiger partial charge in [-0.1, -0.05) is 12.1 Å². The van der Waals surface area contributed by atoms with Gasteiger partial charge in [-0.3, -0.25) is 15.0 Å². The van der Waals surface area contributed by atoms with E-state index in [2.05, 4.69) is 5.43 Å². The molecule has 1 aromatic rings. The average molecular weight is 263 g/mol. The summed E-state index contributed by atoms with van der Waals surface area (Å²) in [6.07, 6.45) is 1.20. The molecule has 2 rings (SSSR count). The number of carbonyl (C=O) groups excluding carboxylic acids is 2. The SMILES string of the molecule is NNC(=O)CCCN1C(=O)CCOc2ccccc21. The molecule has 0 aromatic heterocycles. The number of hydrogen-bond acceptors (Lipinski definition) is 4. The minimum absolute atomic E-state index is 0.0121. The van der Waals surface area contributed by atoms with E-state index in [4.69, 9.17) is 10.6 Å². The Kier molecular flexibility index (Phi) is 4.35. The molecule has 0 spiro atoms. The summed E-state index contributed by atoms with van der Waals surface area (Å²) in [5.41, 5.74) is 2.84. The van der Waals surface area contributed by atoms with Crippen LogP contribution in [0.5, 0.6) is 5.75 Å². The number of nitrogens with one attached hydrogen (secondary N) is 1. The monoisotopic (exact) mass is 263 g/mol. The molecule has 3 N–H and O–H groups in total. The Bertz CT molecular complexity index is 476. The van der Waals surface area contributed by atoms with Crippen LogP contribution in [0.2, 0.25) is 0 Å². The largest absolute Gasteiger partial charge is 0.491 e. The van der Waals surface area contributed by atoms with Crippen molar-refractivity contribution < 1.29 is 14.3 Å². The third kappa shape index (κ3) is 3.23. The number of amides is 2. The molecule has 0 bridgehead atoms. The molecule has 6 nitrogen and oxygen atoms in total. The van der Waals surface area contributed by atoms with Gasteiger partial charge < -0.3 is 9.64 Å². The number of benzene rings is 1. The van der Waals surface area contributed by atoms with E-state index in [1.165, 1.54) is 0 Å². The molecule has 1 aromatic carbocycles. The number of carbonyl (C=O) groups is 2. The van der Waals surface area contributed by atoms with Gasteiger partial charge in [0.2, 0.25) is 11.8 Å². The second-order valence-electron chi connectivity index (χ2n) is 4.28. The maximum Gasteiger partial charge on any atom is 0.233 e. The minimum atomic E-state index is -0.230. The van der Waals surface area contributed by atoms with Crippen LogP contribution in [0.3, 0.4) is 0 Å². The van der Waals surface area contributed by atoms with Crippen LogP contribution in [0.1, 0.15) is 19.3 Å². The highest BCUT2D eigenvalue weighted by Gasteiger charge is 2.22. The molecular formula is C13H17N3O3. The number of hydrogen-bond donors (Lipinski definition) is 2. The Morgan fingerprint density at radius 1 is 1.42 bits per heavy atom. The van der Waals surface area contributed by atoms with E-state index in [1.807, 2.05) is 24.3 Å². The number of nitrogens with zero attached hydrogens (tertiary/aromatic N) is 1. The van der Waals surface area contributed by atoms with Crippen LogP contribution in [-0.4, -0.2) is 25.0 Å². The minimum Gasteiger partial charge on any atom is -0.491 e. The number of anilines is 1. The Balaban J connectivity index is 2.08. The van der Waals surface area contributed by atoms with E-state index < -0.39 is 0 Å². The fraction of sp³-hybridized carbons (Fsp3) is 0.385. The van der Waals surface area contributed by atoms with E-state index in [-0.39, 0.29) is 11.8 Å². The highest BCUT2D eigenvalue weighted by molar-refractivity contribution is 5.95. The summed E-state index contributed by atoms with van der Waals surface area (Å²) in [6.45, 7) is 0.863. The first-order valence-electron chi connectivity index (χ1n) is 6.24. The highest BCUT2D eigenvalue weighted by Crippen LogP contribution is 2.31. The van der Waals surface area contributed by atoms with Crippen LogP contribution in [0.15, 0.2) is 24.3 Å². The molecular weight excluding hydrogens is 246 g/mol. The van der Waals surface area contributed by atoms with Crippen LogP contribution in [-0.2, 0) is 9.59 Å². The van der Waals surface area contributed by atoms with E-state index >= 15 is 0 Å². The molecule has 1 aliphatic heterocycles. The van der Waals surface area contributed by atoms with Crippen molar-refractivity contribution in [3.8, 4) is 5.75 Å². The molecule has 1 aliphatic rings. The predicted molar refractivity (Wildman–Crippen MR) is 70.5 cm³/mol. The van der Waals surface area contributed by atoms with Gasteiger partial charge in [-0.2, -0.15) is 0 Å². The van der Waals surface area contributed by atoms with Gasteiger partial charge in [-0.05, 0) is 18.6 Å². The summed E-state index contributed by atoms with van der Waals surface area (Å²) in [5.74, 6) is 5.51. The fourth-order valence-corrected chi connectivity index (χ4v) is 2.03. The van der Waals surface area contributed by atoms with Crippen LogP contribution >= 0.6 is 0 Å². The van der Waals surface area contributed by atoms with Gasteiger partial charge in [-0.25, -0.2) is 5.84 Å². The molecule has 0 radical (unpaired) electrons. The second-order valence-corrected chi connectivity index (χ2v) is 4.28. The van der Waals surface area contributed by atoms with Gasteiger partial charge in [-0.15, -0.1) is 0 Å². The van der Waals surface area contributed by atoms with Gasteiger partial charge >= 0.3 is 0 Å². The first kappa shape index (κ1) is 13.4. The molecule has 0 saturated heterocycles. The molecule has 0 unspecified atom stereocenters. The van der Waals surface area contributed by atoms with Crippen molar-refractivity contribution in [2.75, 3.05) is 18.1 Å². The van der Waals surface area contributed by atoms with Crippen molar-refractivity contribution in [2.24, 2.45) is 5.84 Å². The maximum absolute atomic E-state index is 12.0. The zero-order valence-corrected chi connectivity index (χ0v) is 10.6. The van der Waals surface area contributed by atoms with Gasteiger partial charge in [0.05, 0.1) is 18.7 Å². The average Bonchev–Trinajstić information content (AvgIpc) is 2.58. The normalized spacial score (nSPS) is 14.4. The van der Waals surface area contributed by atoms with Gasteiger partial charge in [0.1, 0.15) is 5.75 Å². The number of nitrogens with two attached hydrogens (primary N) is 1. The highest BCUT2D eigenvalue weighted by atomic mass is 16.5. The third-order valence-corrected chi connectivity index (χ3v) is 2.98. The first-order chi connectivity index (χ1) is 9.22. The Morgan fingerprint density at radius 3 is 3.00 bits per heavy atom. The molecule has 19 heavy (non-hydrogen) atoms. The van der Waals surface area contributed by atoms with E-state index in [1.54, 1.807) is 4.90 Å². The maximum atomic E-state index is 12.0. The summed E-state index contributed by atoms with van der Waals surface area (Å²) in [7, 11) is 0. The lowest BCUT2D eigenvalue weighted by Gasteiger charge is -2.21. The zero-order valence-electron chi connectivity index (χ0n) is 10.6. The summed E-state index contributed by atoms with van der Waals surface area (Å²) in [5, 5.41) is 0. The summed E-state index contributed by atoms with van der Waals surface area (Å²) < 4.78 is 5.54. The fourth-order valence-electron chi connectivity index (χ4n) is 2.03. The van der Waals surface area contributed by atoms with Gasteiger partial charge in [0.15, 0.2) is 0 Å². The van der Waals surface area contributed by atoms with Crippen molar-refractivity contribution in [3.05, 3.63) is 24.3 Å². The van der Waals surface area contributed by atoms with Gasteiger partial charge in [0.25, 0.3) is 0 Å². The quantitative estimate of drug-likeness (QED) is 0.472. The van der Waals surface area contributed by atoms with E-state index in [0.29, 0.717) is 38.2 Å². The van der Waals surface area contributed by atoms with Crippen molar-refractivity contribution in [2.45, 2.75) is 19.3 Å². The number of fused-ring (bicyclic) bond motifs is 1. The van der Waals surface area contributed by atoms with Gasteiger partial charge in [0, 0.05) is 13.0 Å². The van der Waals surface area contributed by atoms with Crippen LogP contribution < -0.4 is 20.9 Å². The van der Waals surface area contributed by atoms with Crippen LogP contribution in [0.4, 0.5) is 5.69 Å². The molecule has 2 amide bonds. The number of ether oxygens (including phenoxy) is 1. The number of rotatable bonds is 4. The second kappa shape index (κ2) is 6.19. The summed E-state index contributed by atoms with van der Waals surface area (Å²) in [4.78, 5) is 24.8. The van der Waals surface area contributed by atoms with E-state index in [9.17, 15) is 9.59 Å². The molecule has 0 fully saturated rings. The molecule has 0 aliphatic carbocycles. The first-order valence-corrected chi connectivity index (χ1v) is 6.24. The number of para-hydroxylation sites is 2. The van der Waals surface area contributed by atoms with Crippen LogP contribution in [0.25, 0.3) is 0 Å². The lowest BCUT2D eigenvalue weighted by atomic mass is 10.2. The Morgan fingerprint density at radius 2 is 2.21 bits per heavy atom. The smallest absolute Gasteiger partial charge is 0.233 e. The predicted octanol–water partition coefficient (Wildman–Crippen LogP) is 0.572. The lowest BCUT2D eigenvalue weighted by Crippen LogP contribution is -2.33.